The van der Waals surface area contributed by atoms with E-state index in [0.29, 0.717) is 17.4 Å². The van der Waals surface area contributed by atoms with Crippen LogP contribution in [-0.2, 0) is 18.4 Å². The van der Waals surface area contributed by atoms with Crippen molar-refractivity contribution in [1.82, 2.24) is 5.32 Å². The summed E-state index contributed by atoms with van der Waals surface area (Å²) in [7, 11) is 1.51. The van der Waals surface area contributed by atoms with Gasteiger partial charge in [-0.3, -0.25) is 13.8 Å². The quantitative estimate of drug-likeness (QED) is 0.0243. The van der Waals surface area contributed by atoms with Gasteiger partial charge in [-0.15, -0.1) is 0 Å². The van der Waals surface area contributed by atoms with Gasteiger partial charge in [0.2, 0.25) is 5.91 Å². The number of hydrogen-bond acceptors (Lipinski definition) is 5. The Balaban J connectivity index is 4.31. The molecule has 0 heterocycles. The van der Waals surface area contributed by atoms with Crippen LogP contribution < -0.4 is 5.32 Å². The Morgan fingerprint density at radius 1 is 0.486 bits per heavy atom. The highest BCUT2D eigenvalue weighted by molar-refractivity contribution is 7.47. The topological polar surface area (TPSA) is 105 Å². The van der Waals surface area contributed by atoms with E-state index < -0.39 is 20.0 Å². The molecule has 0 spiro atoms. The minimum absolute atomic E-state index is 0.0425. The summed E-state index contributed by atoms with van der Waals surface area (Å²) >= 11 is 0. The SMILES string of the molecule is CC/C=C\C/C=C\C/C=C\C/C=C\C/C=C\C/C=C\C/C=C\C/C=C\C/C=C\C/C=C\CCCCCCC(=O)NC(COP(=O)(O)OCC[N+](C)(C)C)C(O)/C=C/CC/C=C/CCCCCCCCCCC. The van der Waals surface area contributed by atoms with Crippen molar-refractivity contribution in [1.29, 1.82) is 0 Å². The zero-order valence-corrected chi connectivity index (χ0v) is 47.2. The molecule has 9 heteroatoms. The van der Waals surface area contributed by atoms with Crippen LogP contribution in [0.25, 0.3) is 0 Å². The van der Waals surface area contributed by atoms with E-state index >= 15 is 0 Å². The number of nitrogens with one attached hydrogen (secondary N) is 1. The van der Waals surface area contributed by atoms with Gasteiger partial charge in [0.05, 0.1) is 39.9 Å². The van der Waals surface area contributed by atoms with E-state index in [2.05, 4.69) is 153 Å². The fourth-order valence-electron chi connectivity index (χ4n) is 7.14. The normalized spacial score (nSPS) is 15.0. The van der Waals surface area contributed by atoms with Gasteiger partial charge in [-0.25, -0.2) is 4.57 Å². The predicted molar refractivity (Wildman–Crippen MR) is 313 cm³/mol. The first kappa shape index (κ1) is 68.4. The number of carbonyl (C=O) groups is 1. The molecule has 3 N–H and O–H groups in total. The van der Waals surface area contributed by atoms with Gasteiger partial charge in [0.1, 0.15) is 13.2 Å². The van der Waals surface area contributed by atoms with Crippen LogP contribution >= 0.6 is 7.82 Å². The molecule has 1 amide bonds. The minimum atomic E-state index is -4.37. The van der Waals surface area contributed by atoms with Crippen molar-refractivity contribution in [3.8, 4) is 0 Å². The maximum absolute atomic E-state index is 12.9. The van der Waals surface area contributed by atoms with Crippen LogP contribution in [0.5, 0.6) is 0 Å². The lowest BCUT2D eigenvalue weighted by molar-refractivity contribution is -0.870. The second-order valence-electron chi connectivity index (χ2n) is 19.6. The highest BCUT2D eigenvalue weighted by Crippen LogP contribution is 2.43. The fraction of sp³-hybridized carbons (Fsp3) is 0.603. The van der Waals surface area contributed by atoms with Crippen molar-refractivity contribution in [2.24, 2.45) is 0 Å². The van der Waals surface area contributed by atoms with Crippen LogP contribution in [0.1, 0.15) is 194 Å². The van der Waals surface area contributed by atoms with Crippen molar-refractivity contribution >= 4 is 13.7 Å². The molecular weight excluding hydrogens is 912 g/mol. The number of amides is 1. The number of rotatable bonds is 49. The molecule has 3 unspecified atom stereocenters. The maximum Gasteiger partial charge on any atom is 0.472 e. The second-order valence-corrected chi connectivity index (χ2v) is 21.0. The highest BCUT2D eigenvalue weighted by Gasteiger charge is 2.27. The number of carbonyl (C=O) groups excluding carboxylic acids is 1. The first-order chi connectivity index (χ1) is 35.0. The summed E-state index contributed by atoms with van der Waals surface area (Å²) in [5.41, 5.74) is 0. The van der Waals surface area contributed by atoms with Crippen LogP contribution in [0, 0.1) is 0 Å². The van der Waals surface area contributed by atoms with Crippen molar-refractivity contribution in [3.05, 3.63) is 146 Å². The largest absolute Gasteiger partial charge is 0.472 e. The van der Waals surface area contributed by atoms with Gasteiger partial charge in [0.15, 0.2) is 0 Å². The number of allylic oxidation sites excluding steroid dienone is 23. The first-order valence-corrected chi connectivity index (χ1v) is 29.7. The summed E-state index contributed by atoms with van der Waals surface area (Å²) in [5.74, 6) is -0.218. The van der Waals surface area contributed by atoms with E-state index in [1.54, 1.807) is 6.08 Å². The molecule has 0 rings (SSSR count). The molecule has 3 atom stereocenters. The lowest BCUT2D eigenvalue weighted by Gasteiger charge is -2.25. The number of hydrogen-bond donors (Lipinski definition) is 3. The van der Waals surface area contributed by atoms with Crippen LogP contribution in [-0.4, -0.2) is 73.4 Å². The van der Waals surface area contributed by atoms with Gasteiger partial charge in [-0.05, 0) is 109 Å². The molecule has 0 aliphatic carbocycles. The van der Waals surface area contributed by atoms with Crippen molar-refractivity contribution < 1.29 is 32.9 Å². The van der Waals surface area contributed by atoms with Gasteiger partial charge >= 0.3 is 7.82 Å². The standard InChI is InChI=1S/C63H105N2O6P/c1-6-8-10-12-14-16-18-20-22-23-24-25-26-27-28-29-30-31-32-33-34-35-36-37-38-39-40-41-43-45-47-49-51-53-55-57-63(67)64-61(60-71-72(68,69)70-59-58-65(3,4)5)62(66)56-54-52-50-48-46-44-42-21-19-17-15-13-11-9-7-2/h8,10,14,16,20,22,24-25,27-28,30-31,33-34,36-37,39-40,43,45-46,48,54,56,61-62,66H,6-7,9,11-13,15,17-19,21,23,26,29,32,35,38,41-42,44,47,49-53,55,57-60H2,1-5H3,(H-,64,67,68,69)/p+1/b10-8-,16-14-,22-20-,25-24-,28-27-,31-30-,34-33-,37-36-,40-39-,45-43-,48-46+,56-54+. The van der Waals surface area contributed by atoms with E-state index in [9.17, 15) is 19.4 Å². The number of quaternary nitrogens is 1. The molecule has 72 heavy (non-hydrogen) atoms. The molecule has 0 bridgehead atoms. The molecular formula is C63H106N2O6P+. The number of aliphatic hydroxyl groups excluding tert-OH is 1. The zero-order chi connectivity index (χ0) is 52.7. The Hall–Kier alpha value is -3.62. The number of phosphoric acid groups is 1. The Bertz CT molecular complexity index is 1670. The molecule has 0 aromatic rings. The van der Waals surface area contributed by atoms with Crippen LogP contribution in [0.15, 0.2) is 146 Å². The molecule has 0 radical (unpaired) electrons. The van der Waals surface area contributed by atoms with Gasteiger partial charge < -0.3 is 19.8 Å². The Labute approximate surface area is 442 Å². The molecule has 0 aliphatic heterocycles. The van der Waals surface area contributed by atoms with Crippen molar-refractivity contribution in [3.63, 3.8) is 0 Å². The first-order valence-electron chi connectivity index (χ1n) is 28.2. The van der Waals surface area contributed by atoms with Crippen molar-refractivity contribution in [2.75, 3.05) is 40.9 Å². The molecule has 0 aromatic heterocycles. The van der Waals surface area contributed by atoms with E-state index in [4.69, 9.17) is 9.05 Å². The van der Waals surface area contributed by atoms with Crippen LogP contribution in [0.4, 0.5) is 0 Å². The lowest BCUT2D eigenvalue weighted by atomic mass is 10.1. The molecule has 8 nitrogen and oxygen atoms in total. The molecule has 0 aromatic carbocycles. The van der Waals surface area contributed by atoms with Gasteiger partial charge in [0.25, 0.3) is 0 Å². The van der Waals surface area contributed by atoms with Crippen LogP contribution in [0.3, 0.4) is 0 Å². The monoisotopic (exact) mass is 1020 g/mol. The second kappa shape index (κ2) is 52.3. The number of phosphoric ester groups is 1. The highest BCUT2D eigenvalue weighted by atomic mass is 31.2. The van der Waals surface area contributed by atoms with E-state index in [1.807, 2.05) is 27.2 Å². The Morgan fingerprint density at radius 2 is 0.847 bits per heavy atom. The number of likely N-dealkylation sites (N-methyl/N-ethyl adjacent to an activating group) is 1. The summed E-state index contributed by atoms with van der Waals surface area (Å²) in [6.07, 6.45) is 80.9. The average Bonchev–Trinajstić information content (AvgIpc) is 3.34. The van der Waals surface area contributed by atoms with E-state index in [0.717, 1.165) is 116 Å². The van der Waals surface area contributed by atoms with E-state index in [1.165, 1.54) is 57.8 Å². The summed E-state index contributed by atoms with van der Waals surface area (Å²) in [4.78, 5) is 23.2. The molecule has 0 saturated carbocycles. The fourth-order valence-corrected chi connectivity index (χ4v) is 7.88. The predicted octanol–water partition coefficient (Wildman–Crippen LogP) is 17.3. The van der Waals surface area contributed by atoms with Gasteiger partial charge in [-0.2, -0.15) is 0 Å². The Kier molecular flexibility index (Phi) is 49.6. The Morgan fingerprint density at radius 3 is 1.28 bits per heavy atom. The molecule has 0 aliphatic rings. The number of aliphatic hydroxyl groups is 1. The smallest absolute Gasteiger partial charge is 0.387 e. The average molecular weight is 1020 g/mol. The molecule has 0 fully saturated rings. The molecule has 408 valence electrons. The molecule has 0 saturated heterocycles. The van der Waals surface area contributed by atoms with Crippen LogP contribution in [0.2, 0.25) is 0 Å². The number of unbranched alkanes of at least 4 members (excludes halogenated alkanes) is 14. The minimum Gasteiger partial charge on any atom is -0.387 e. The summed E-state index contributed by atoms with van der Waals surface area (Å²) in [6.45, 7) is 4.63. The third-order valence-electron chi connectivity index (χ3n) is 11.5. The van der Waals surface area contributed by atoms with E-state index in [-0.39, 0.29) is 19.1 Å². The van der Waals surface area contributed by atoms with Crippen molar-refractivity contribution in [2.45, 2.75) is 206 Å². The summed E-state index contributed by atoms with van der Waals surface area (Å²) in [5, 5.41) is 13.8. The zero-order valence-electron chi connectivity index (χ0n) is 46.4. The third kappa shape index (κ3) is 54.2. The summed E-state index contributed by atoms with van der Waals surface area (Å²) in [6, 6.07) is -0.888. The van der Waals surface area contributed by atoms with Gasteiger partial charge in [-0.1, -0.05) is 224 Å². The lowest BCUT2D eigenvalue weighted by Crippen LogP contribution is -2.45. The summed E-state index contributed by atoms with van der Waals surface area (Å²) < 4.78 is 23.6. The van der Waals surface area contributed by atoms with Gasteiger partial charge in [0, 0.05) is 6.42 Å². The third-order valence-corrected chi connectivity index (χ3v) is 12.5. The number of nitrogens with zero attached hydrogens (tertiary/aromatic N) is 1. The maximum atomic E-state index is 12.9.